The van der Waals surface area contributed by atoms with Crippen LogP contribution in [0, 0.1) is 6.92 Å². The van der Waals surface area contributed by atoms with Crippen LogP contribution in [0.25, 0.3) is 11.1 Å². The van der Waals surface area contributed by atoms with Crippen molar-refractivity contribution in [2.24, 2.45) is 0 Å². The Labute approximate surface area is 177 Å². The summed E-state index contributed by atoms with van der Waals surface area (Å²) in [6.45, 7) is 3.73. The Kier molecular flexibility index (Phi) is 5.79. The molecule has 2 aromatic heterocycles. The molecular formula is C22H24F3N3O3. The van der Waals surface area contributed by atoms with Crippen LogP contribution in [0.15, 0.2) is 28.8 Å². The van der Waals surface area contributed by atoms with E-state index in [4.69, 9.17) is 14.0 Å². The number of likely N-dealkylation sites (tertiary alicyclic amines) is 1. The maximum Gasteiger partial charge on any atom is 0.417 e. The second-order valence-electron chi connectivity index (χ2n) is 7.80. The van der Waals surface area contributed by atoms with Crippen molar-refractivity contribution in [3.05, 3.63) is 46.8 Å². The van der Waals surface area contributed by atoms with Crippen LogP contribution in [-0.4, -0.2) is 42.3 Å². The Morgan fingerprint density at radius 1 is 1.10 bits per heavy atom. The van der Waals surface area contributed by atoms with Crippen molar-refractivity contribution in [1.82, 2.24) is 15.0 Å². The van der Waals surface area contributed by atoms with Gasteiger partial charge in [0.1, 0.15) is 0 Å². The fraction of sp³-hybridized carbons (Fsp3) is 0.455. The first kappa shape index (κ1) is 21.4. The van der Waals surface area contributed by atoms with Gasteiger partial charge in [0.2, 0.25) is 0 Å². The third kappa shape index (κ3) is 4.32. The summed E-state index contributed by atoms with van der Waals surface area (Å²) in [5, 5.41) is 4.00. The van der Waals surface area contributed by atoms with Crippen LogP contribution in [0.4, 0.5) is 13.2 Å². The molecule has 3 aromatic rings. The molecule has 1 aromatic carbocycles. The van der Waals surface area contributed by atoms with Crippen LogP contribution < -0.4 is 9.47 Å². The SMILES string of the molecule is COc1ccc(CN2CCC(c3noc4nc(C)cc(C(F)(F)F)c34)CC2)cc1OC. The zero-order chi connectivity index (χ0) is 22.2. The van der Waals surface area contributed by atoms with Gasteiger partial charge in [-0.15, -0.1) is 0 Å². The number of methoxy groups -OCH3 is 2. The minimum absolute atomic E-state index is 0.00330. The van der Waals surface area contributed by atoms with E-state index in [1.54, 1.807) is 14.2 Å². The first-order chi connectivity index (χ1) is 14.8. The van der Waals surface area contributed by atoms with Crippen molar-refractivity contribution in [3.8, 4) is 11.5 Å². The van der Waals surface area contributed by atoms with Gasteiger partial charge in [0.05, 0.1) is 30.9 Å². The Bertz CT molecular complexity index is 1070. The van der Waals surface area contributed by atoms with Gasteiger partial charge in [-0.3, -0.25) is 4.90 Å². The van der Waals surface area contributed by atoms with Crippen LogP contribution in [0.5, 0.6) is 11.5 Å². The van der Waals surface area contributed by atoms with E-state index in [0.29, 0.717) is 30.0 Å². The summed E-state index contributed by atoms with van der Waals surface area (Å²) < 4.78 is 56.7. The van der Waals surface area contributed by atoms with E-state index in [9.17, 15) is 13.2 Å². The molecule has 0 bridgehead atoms. The van der Waals surface area contributed by atoms with Gasteiger partial charge in [-0.2, -0.15) is 13.2 Å². The molecule has 166 valence electrons. The molecule has 9 heteroatoms. The van der Waals surface area contributed by atoms with E-state index in [-0.39, 0.29) is 22.7 Å². The minimum atomic E-state index is -4.49. The molecule has 0 atom stereocenters. The lowest BCUT2D eigenvalue weighted by Crippen LogP contribution is -2.32. The summed E-state index contributed by atoms with van der Waals surface area (Å²) in [6, 6.07) is 6.87. The van der Waals surface area contributed by atoms with Crippen molar-refractivity contribution in [1.29, 1.82) is 0 Å². The van der Waals surface area contributed by atoms with Crippen LogP contribution in [0.2, 0.25) is 0 Å². The van der Waals surface area contributed by atoms with Gasteiger partial charge in [0.15, 0.2) is 11.5 Å². The number of hydrogen-bond donors (Lipinski definition) is 0. The van der Waals surface area contributed by atoms with E-state index in [2.05, 4.69) is 15.0 Å². The average molecular weight is 435 g/mol. The molecule has 0 spiro atoms. The largest absolute Gasteiger partial charge is 0.493 e. The summed E-state index contributed by atoms with van der Waals surface area (Å²) in [6.07, 6.45) is -3.10. The molecule has 0 unspecified atom stereocenters. The van der Waals surface area contributed by atoms with Gasteiger partial charge in [-0.1, -0.05) is 11.2 Å². The summed E-state index contributed by atoms with van der Waals surface area (Å²) in [5.41, 5.74) is 0.934. The van der Waals surface area contributed by atoms with E-state index >= 15 is 0 Å². The predicted octanol–water partition coefficient (Wildman–Crippen LogP) is 4.95. The van der Waals surface area contributed by atoms with Gasteiger partial charge in [-0.05, 0) is 56.6 Å². The number of piperidine rings is 1. The molecule has 4 rings (SSSR count). The van der Waals surface area contributed by atoms with Gasteiger partial charge in [-0.25, -0.2) is 4.98 Å². The molecule has 1 aliphatic rings. The number of aromatic nitrogens is 2. The van der Waals surface area contributed by atoms with Crippen molar-refractivity contribution >= 4 is 11.1 Å². The minimum Gasteiger partial charge on any atom is -0.493 e. The topological polar surface area (TPSA) is 60.6 Å². The molecule has 0 amide bonds. The molecule has 3 heterocycles. The molecule has 0 saturated carbocycles. The monoisotopic (exact) mass is 435 g/mol. The number of aryl methyl sites for hydroxylation is 1. The van der Waals surface area contributed by atoms with Gasteiger partial charge in [0, 0.05) is 18.2 Å². The maximum atomic E-state index is 13.6. The van der Waals surface area contributed by atoms with Crippen molar-refractivity contribution < 1.29 is 27.2 Å². The van der Waals surface area contributed by atoms with E-state index in [0.717, 1.165) is 31.3 Å². The number of fused-ring (bicyclic) bond motifs is 1. The Morgan fingerprint density at radius 3 is 2.45 bits per heavy atom. The van der Waals surface area contributed by atoms with Crippen molar-refractivity contribution in [2.75, 3.05) is 27.3 Å². The van der Waals surface area contributed by atoms with Gasteiger partial charge < -0.3 is 14.0 Å². The molecular weight excluding hydrogens is 411 g/mol. The summed E-state index contributed by atoms with van der Waals surface area (Å²) in [5.74, 6) is 1.24. The first-order valence-corrected chi connectivity index (χ1v) is 10.1. The van der Waals surface area contributed by atoms with Crippen LogP contribution >= 0.6 is 0 Å². The standard InChI is InChI=1S/C22H24F3N3O3/c1-13-10-16(22(23,24)25)19-20(27-31-21(19)26-13)15-6-8-28(9-7-15)12-14-4-5-17(29-2)18(11-14)30-3/h4-5,10-11,15H,6-9,12H2,1-3H3. The highest BCUT2D eigenvalue weighted by atomic mass is 19.4. The molecule has 1 aliphatic heterocycles. The van der Waals surface area contributed by atoms with Crippen molar-refractivity contribution in [3.63, 3.8) is 0 Å². The lowest BCUT2D eigenvalue weighted by molar-refractivity contribution is -0.136. The third-order valence-electron chi connectivity index (χ3n) is 5.73. The molecule has 0 aliphatic carbocycles. The summed E-state index contributed by atoms with van der Waals surface area (Å²) >= 11 is 0. The zero-order valence-electron chi connectivity index (χ0n) is 17.6. The number of rotatable bonds is 5. The quantitative estimate of drug-likeness (QED) is 0.565. The number of nitrogens with zero attached hydrogens (tertiary/aromatic N) is 3. The summed E-state index contributed by atoms with van der Waals surface area (Å²) in [4.78, 5) is 6.38. The lowest BCUT2D eigenvalue weighted by Gasteiger charge is -2.31. The number of pyridine rings is 1. The van der Waals surface area contributed by atoms with E-state index in [1.807, 2.05) is 18.2 Å². The van der Waals surface area contributed by atoms with Crippen LogP contribution in [0.1, 0.15) is 41.3 Å². The molecule has 1 fully saturated rings. The number of halogens is 3. The van der Waals surface area contributed by atoms with Gasteiger partial charge in [0.25, 0.3) is 5.71 Å². The number of benzene rings is 1. The Morgan fingerprint density at radius 2 is 1.81 bits per heavy atom. The Hall–Kier alpha value is -2.81. The number of alkyl halides is 3. The smallest absolute Gasteiger partial charge is 0.417 e. The van der Waals surface area contributed by atoms with Crippen molar-refractivity contribution in [2.45, 2.75) is 38.4 Å². The number of ether oxygens (including phenoxy) is 2. The second-order valence-corrected chi connectivity index (χ2v) is 7.80. The third-order valence-corrected chi connectivity index (χ3v) is 5.73. The van der Waals surface area contributed by atoms with Crippen LogP contribution in [0.3, 0.4) is 0 Å². The molecule has 0 radical (unpaired) electrons. The van der Waals surface area contributed by atoms with E-state index < -0.39 is 11.7 Å². The highest BCUT2D eigenvalue weighted by Gasteiger charge is 2.37. The second kappa shape index (κ2) is 8.37. The highest BCUT2D eigenvalue weighted by molar-refractivity contribution is 5.81. The van der Waals surface area contributed by atoms with Crippen LogP contribution in [-0.2, 0) is 12.7 Å². The zero-order valence-corrected chi connectivity index (χ0v) is 17.6. The fourth-order valence-electron chi connectivity index (χ4n) is 4.20. The highest BCUT2D eigenvalue weighted by Crippen LogP contribution is 2.40. The number of hydrogen-bond acceptors (Lipinski definition) is 6. The Balaban J connectivity index is 1.50. The lowest BCUT2D eigenvalue weighted by atomic mass is 9.90. The first-order valence-electron chi connectivity index (χ1n) is 10.1. The predicted molar refractivity (Wildman–Crippen MR) is 108 cm³/mol. The molecule has 31 heavy (non-hydrogen) atoms. The van der Waals surface area contributed by atoms with Gasteiger partial charge >= 0.3 is 6.18 Å². The maximum absolute atomic E-state index is 13.6. The average Bonchev–Trinajstić information content (AvgIpc) is 3.16. The van der Waals surface area contributed by atoms with E-state index in [1.165, 1.54) is 6.92 Å². The summed E-state index contributed by atoms with van der Waals surface area (Å²) in [7, 11) is 3.19. The molecule has 0 N–H and O–H groups in total. The fourth-order valence-corrected chi connectivity index (χ4v) is 4.20. The molecule has 6 nitrogen and oxygen atoms in total. The normalized spacial score (nSPS) is 16.1. The molecule has 1 saturated heterocycles.